The third-order valence-electron chi connectivity index (χ3n) is 4.36. The first-order chi connectivity index (χ1) is 13.4. The minimum atomic E-state index is -0.461. The van der Waals surface area contributed by atoms with Gasteiger partial charge in [-0.1, -0.05) is 18.2 Å². The number of carbonyl (C=O) groups excluding carboxylic acids is 2. The summed E-state index contributed by atoms with van der Waals surface area (Å²) in [6.45, 7) is 1.71. The molecule has 0 aliphatic carbocycles. The minimum Gasteiger partial charge on any atom is -0.496 e. The molecule has 0 aliphatic heterocycles. The van der Waals surface area contributed by atoms with Crippen molar-refractivity contribution in [2.75, 3.05) is 19.5 Å². The number of amides is 1. The van der Waals surface area contributed by atoms with E-state index >= 15 is 0 Å². The number of methoxy groups -OCH3 is 2. The van der Waals surface area contributed by atoms with E-state index in [0.29, 0.717) is 34.6 Å². The number of rotatable bonds is 5. The van der Waals surface area contributed by atoms with Crippen molar-refractivity contribution >= 4 is 28.6 Å². The smallest absolute Gasteiger partial charge is 0.337 e. The zero-order chi connectivity index (χ0) is 20.3. The Balaban J connectivity index is 2.16. The third-order valence-corrected chi connectivity index (χ3v) is 4.36. The number of anilines is 1. The van der Waals surface area contributed by atoms with Crippen molar-refractivity contribution in [1.29, 1.82) is 0 Å². The predicted molar refractivity (Wildman–Crippen MR) is 106 cm³/mol. The predicted octanol–water partition coefficient (Wildman–Crippen LogP) is 2.80. The number of esters is 1. The fourth-order valence-corrected chi connectivity index (χ4v) is 3.07. The van der Waals surface area contributed by atoms with Crippen molar-refractivity contribution in [2.24, 2.45) is 0 Å². The summed E-state index contributed by atoms with van der Waals surface area (Å²) in [5, 5.41) is 3.26. The summed E-state index contributed by atoms with van der Waals surface area (Å²) in [5.41, 5.74) is 1.65. The van der Waals surface area contributed by atoms with E-state index in [1.54, 1.807) is 30.3 Å². The molecule has 0 saturated heterocycles. The van der Waals surface area contributed by atoms with Gasteiger partial charge in [-0.25, -0.2) is 4.79 Å². The van der Waals surface area contributed by atoms with E-state index in [1.165, 1.54) is 27.2 Å². The Morgan fingerprint density at radius 2 is 1.82 bits per heavy atom. The summed E-state index contributed by atoms with van der Waals surface area (Å²) >= 11 is 0. The van der Waals surface area contributed by atoms with Crippen LogP contribution in [0.1, 0.15) is 22.8 Å². The lowest BCUT2D eigenvalue weighted by molar-refractivity contribution is -0.114. The van der Waals surface area contributed by atoms with Crippen LogP contribution in [0.25, 0.3) is 10.9 Å². The first-order valence-corrected chi connectivity index (χ1v) is 8.60. The van der Waals surface area contributed by atoms with Gasteiger partial charge in [0, 0.05) is 23.9 Å². The molecule has 0 fully saturated rings. The quantitative estimate of drug-likeness (QED) is 0.688. The molecule has 7 nitrogen and oxygen atoms in total. The summed E-state index contributed by atoms with van der Waals surface area (Å²) < 4.78 is 12.0. The topological polar surface area (TPSA) is 86.6 Å². The van der Waals surface area contributed by atoms with Gasteiger partial charge in [0.1, 0.15) is 11.6 Å². The Kier molecular flexibility index (Phi) is 5.44. The highest BCUT2D eigenvalue weighted by molar-refractivity contribution is 5.91. The monoisotopic (exact) mass is 380 g/mol. The van der Waals surface area contributed by atoms with Crippen LogP contribution in [0.5, 0.6) is 5.75 Å². The number of para-hydroxylation sites is 1. The molecule has 0 bridgehead atoms. The molecule has 0 spiro atoms. The zero-order valence-electron chi connectivity index (χ0n) is 15.8. The lowest BCUT2D eigenvalue weighted by Crippen LogP contribution is -2.18. The van der Waals surface area contributed by atoms with E-state index in [4.69, 9.17) is 9.47 Å². The molecule has 0 radical (unpaired) electrons. The van der Waals surface area contributed by atoms with Crippen LogP contribution in [0.15, 0.2) is 53.3 Å². The fourth-order valence-electron chi connectivity index (χ4n) is 3.07. The molecule has 1 amide bonds. The van der Waals surface area contributed by atoms with Crippen LogP contribution in [0.3, 0.4) is 0 Å². The fraction of sp³-hybridized carbons (Fsp3) is 0.190. The summed E-state index contributed by atoms with van der Waals surface area (Å²) in [6.07, 6.45) is 0. The maximum absolute atomic E-state index is 12.4. The van der Waals surface area contributed by atoms with Crippen LogP contribution in [0, 0.1) is 0 Å². The Morgan fingerprint density at radius 3 is 2.50 bits per heavy atom. The van der Waals surface area contributed by atoms with Crippen molar-refractivity contribution in [1.82, 2.24) is 4.57 Å². The van der Waals surface area contributed by atoms with Gasteiger partial charge in [0.2, 0.25) is 5.91 Å². The first kappa shape index (κ1) is 19.2. The third kappa shape index (κ3) is 3.73. The molecule has 28 heavy (non-hydrogen) atoms. The van der Waals surface area contributed by atoms with Gasteiger partial charge in [0.15, 0.2) is 5.43 Å². The summed E-state index contributed by atoms with van der Waals surface area (Å²) in [7, 11) is 2.83. The van der Waals surface area contributed by atoms with Crippen molar-refractivity contribution in [3.8, 4) is 5.75 Å². The van der Waals surface area contributed by atoms with Crippen molar-refractivity contribution < 1.29 is 19.1 Å². The van der Waals surface area contributed by atoms with E-state index in [1.807, 2.05) is 16.7 Å². The SMILES string of the molecule is COC(=O)c1ccc(Cn2c(NC(C)=O)cc(=O)c3ccccc32)c(OC)c1. The zero-order valence-corrected chi connectivity index (χ0v) is 15.8. The molecule has 3 aromatic rings. The van der Waals surface area contributed by atoms with E-state index in [0.717, 1.165) is 5.56 Å². The molecule has 0 atom stereocenters. The van der Waals surface area contributed by atoms with Crippen molar-refractivity contribution in [3.05, 3.63) is 69.9 Å². The molecule has 0 saturated carbocycles. The van der Waals surface area contributed by atoms with Crippen LogP contribution in [-0.4, -0.2) is 30.7 Å². The van der Waals surface area contributed by atoms with Crippen LogP contribution < -0.4 is 15.5 Å². The van der Waals surface area contributed by atoms with E-state index in [2.05, 4.69) is 5.32 Å². The Morgan fingerprint density at radius 1 is 1.07 bits per heavy atom. The number of nitrogens with zero attached hydrogens (tertiary/aromatic N) is 1. The lowest BCUT2D eigenvalue weighted by Gasteiger charge is -2.18. The van der Waals surface area contributed by atoms with Crippen molar-refractivity contribution in [3.63, 3.8) is 0 Å². The van der Waals surface area contributed by atoms with Gasteiger partial charge in [0.25, 0.3) is 0 Å². The molecule has 0 aliphatic rings. The molecular weight excluding hydrogens is 360 g/mol. The number of nitrogens with one attached hydrogen (secondary N) is 1. The molecule has 2 aromatic carbocycles. The number of fused-ring (bicyclic) bond motifs is 1. The molecule has 1 aromatic heterocycles. The first-order valence-electron chi connectivity index (χ1n) is 8.60. The standard InChI is InChI=1S/C21H20N2O5/c1-13(24)22-20-11-18(25)16-6-4-5-7-17(16)23(20)12-15-9-8-14(21(26)28-3)10-19(15)27-2/h4-11H,12H2,1-3H3,(H,22,24). The summed E-state index contributed by atoms with van der Waals surface area (Å²) in [4.78, 5) is 35.8. The maximum atomic E-state index is 12.4. The van der Waals surface area contributed by atoms with E-state index < -0.39 is 5.97 Å². The second-order valence-corrected chi connectivity index (χ2v) is 6.20. The summed E-state index contributed by atoms with van der Waals surface area (Å²) in [6, 6.07) is 13.6. The van der Waals surface area contributed by atoms with Gasteiger partial charge >= 0.3 is 5.97 Å². The molecule has 0 unspecified atom stereocenters. The second-order valence-electron chi connectivity index (χ2n) is 6.20. The van der Waals surface area contributed by atoms with Gasteiger partial charge in [-0.05, 0) is 24.3 Å². The Bertz CT molecular complexity index is 1120. The second kappa shape index (κ2) is 7.96. The van der Waals surface area contributed by atoms with Crippen LogP contribution in [-0.2, 0) is 16.1 Å². The minimum absolute atomic E-state index is 0.177. The Labute approximate surface area is 161 Å². The van der Waals surface area contributed by atoms with Crippen LogP contribution >= 0.6 is 0 Å². The largest absolute Gasteiger partial charge is 0.496 e. The number of hydrogen-bond donors (Lipinski definition) is 1. The number of benzene rings is 2. The number of aromatic nitrogens is 1. The molecule has 7 heteroatoms. The highest BCUT2D eigenvalue weighted by Crippen LogP contribution is 2.25. The average Bonchev–Trinajstić information content (AvgIpc) is 2.70. The van der Waals surface area contributed by atoms with Gasteiger partial charge in [0.05, 0.1) is 31.8 Å². The Hall–Kier alpha value is -3.61. The van der Waals surface area contributed by atoms with Gasteiger partial charge in [-0.2, -0.15) is 0 Å². The molecule has 1 N–H and O–H groups in total. The number of pyridine rings is 1. The van der Waals surface area contributed by atoms with Gasteiger partial charge < -0.3 is 19.4 Å². The maximum Gasteiger partial charge on any atom is 0.337 e. The van der Waals surface area contributed by atoms with E-state index in [9.17, 15) is 14.4 Å². The highest BCUT2D eigenvalue weighted by Gasteiger charge is 2.15. The summed E-state index contributed by atoms with van der Waals surface area (Å²) in [5.74, 6) is 0.142. The lowest BCUT2D eigenvalue weighted by atomic mass is 10.1. The number of ether oxygens (including phenoxy) is 2. The highest BCUT2D eigenvalue weighted by atomic mass is 16.5. The average molecular weight is 380 g/mol. The molecule has 144 valence electrons. The van der Waals surface area contributed by atoms with Crippen LogP contribution in [0.2, 0.25) is 0 Å². The molecular formula is C21H20N2O5. The van der Waals surface area contributed by atoms with Gasteiger partial charge in [-0.15, -0.1) is 0 Å². The van der Waals surface area contributed by atoms with Gasteiger partial charge in [-0.3, -0.25) is 9.59 Å². The molecule has 1 heterocycles. The number of carbonyl (C=O) groups is 2. The van der Waals surface area contributed by atoms with Crippen LogP contribution in [0.4, 0.5) is 5.82 Å². The normalized spacial score (nSPS) is 10.5. The van der Waals surface area contributed by atoms with E-state index in [-0.39, 0.29) is 11.3 Å². The number of hydrogen-bond acceptors (Lipinski definition) is 5. The van der Waals surface area contributed by atoms with Crippen molar-refractivity contribution in [2.45, 2.75) is 13.5 Å². The molecule has 3 rings (SSSR count).